The van der Waals surface area contributed by atoms with Crippen molar-refractivity contribution in [2.75, 3.05) is 13.2 Å². The number of nitrogens with one attached hydrogen (secondary N) is 1. The third kappa shape index (κ3) is 5.58. The molecule has 0 aromatic heterocycles. The van der Waals surface area contributed by atoms with E-state index in [2.05, 4.69) is 10.3 Å². The maximum atomic E-state index is 12.6. The van der Waals surface area contributed by atoms with Crippen molar-refractivity contribution in [2.24, 2.45) is 4.99 Å². The summed E-state index contributed by atoms with van der Waals surface area (Å²) in [4.78, 5) is 28.4. The van der Waals surface area contributed by atoms with E-state index >= 15 is 0 Å². The Hall–Kier alpha value is -3.78. The minimum Gasteiger partial charge on any atom is -0.494 e. The highest BCUT2D eigenvalue weighted by molar-refractivity contribution is 8.18. The molecule has 1 amide bonds. The standard InChI is InChI=1S/C26H24N2O5S/c1-3-32-21-10-7-17-14-22(33-4-2)19(12-18(17)13-21)15-23-25(31)28-26(34-23)27-20-8-5-16(6-9-20)11-24(29)30/h5-10,12-15H,3-4,11H2,1-2H3,(H,29,30)(H,27,28,31). The molecule has 34 heavy (non-hydrogen) atoms. The summed E-state index contributed by atoms with van der Waals surface area (Å²) in [5.41, 5.74) is 2.11. The van der Waals surface area contributed by atoms with Gasteiger partial charge >= 0.3 is 5.97 Å². The number of carbonyl (C=O) groups excluding carboxylic acids is 1. The average molecular weight is 477 g/mol. The number of carboxylic acid groups (broad SMARTS) is 1. The molecule has 7 nitrogen and oxygen atoms in total. The summed E-state index contributed by atoms with van der Waals surface area (Å²) in [5.74, 6) is 0.354. The Bertz CT molecular complexity index is 1300. The van der Waals surface area contributed by atoms with Gasteiger partial charge in [-0.3, -0.25) is 9.59 Å². The normalized spacial score (nSPS) is 15.6. The lowest BCUT2D eigenvalue weighted by molar-refractivity contribution is -0.136. The summed E-state index contributed by atoms with van der Waals surface area (Å²) >= 11 is 1.24. The molecule has 3 aromatic carbocycles. The Morgan fingerprint density at radius 2 is 1.79 bits per heavy atom. The van der Waals surface area contributed by atoms with Gasteiger partial charge in [0.05, 0.1) is 30.2 Å². The molecule has 0 atom stereocenters. The van der Waals surface area contributed by atoms with Gasteiger partial charge in [-0.25, -0.2) is 4.99 Å². The number of hydrogen-bond donors (Lipinski definition) is 2. The molecule has 1 saturated heterocycles. The highest BCUT2D eigenvalue weighted by Gasteiger charge is 2.24. The lowest BCUT2D eigenvalue weighted by Gasteiger charge is -2.11. The zero-order valence-electron chi connectivity index (χ0n) is 18.8. The summed E-state index contributed by atoms with van der Waals surface area (Å²) in [6, 6.07) is 16.7. The van der Waals surface area contributed by atoms with Crippen molar-refractivity contribution in [3.63, 3.8) is 0 Å². The third-order valence-electron chi connectivity index (χ3n) is 5.01. The Morgan fingerprint density at radius 1 is 1.03 bits per heavy atom. The van der Waals surface area contributed by atoms with Gasteiger partial charge in [0.1, 0.15) is 11.5 Å². The van der Waals surface area contributed by atoms with Crippen LogP contribution in [0.5, 0.6) is 11.5 Å². The fourth-order valence-electron chi connectivity index (χ4n) is 3.52. The first kappa shape index (κ1) is 23.4. The number of amidine groups is 1. The van der Waals surface area contributed by atoms with Gasteiger partial charge in [0.2, 0.25) is 0 Å². The molecule has 174 valence electrons. The van der Waals surface area contributed by atoms with Gasteiger partial charge in [-0.15, -0.1) is 0 Å². The van der Waals surface area contributed by atoms with Gasteiger partial charge in [-0.1, -0.05) is 18.2 Å². The molecular weight excluding hydrogens is 452 g/mol. The first-order valence-electron chi connectivity index (χ1n) is 10.9. The zero-order valence-corrected chi connectivity index (χ0v) is 19.6. The molecule has 0 spiro atoms. The van der Waals surface area contributed by atoms with E-state index in [9.17, 15) is 9.59 Å². The highest BCUT2D eigenvalue weighted by atomic mass is 32.2. The summed E-state index contributed by atoms with van der Waals surface area (Å²) < 4.78 is 11.5. The van der Waals surface area contributed by atoms with Crippen molar-refractivity contribution in [1.29, 1.82) is 0 Å². The second kappa shape index (κ2) is 10.4. The molecule has 0 unspecified atom stereocenters. The number of aliphatic carboxylic acids is 1. The van der Waals surface area contributed by atoms with Crippen LogP contribution in [0, 0.1) is 0 Å². The zero-order chi connectivity index (χ0) is 24.1. The summed E-state index contributed by atoms with van der Waals surface area (Å²) in [6.45, 7) is 4.95. The second-order valence-corrected chi connectivity index (χ2v) is 8.51. The first-order chi connectivity index (χ1) is 16.4. The van der Waals surface area contributed by atoms with E-state index in [-0.39, 0.29) is 12.3 Å². The van der Waals surface area contributed by atoms with Crippen LogP contribution < -0.4 is 14.8 Å². The predicted octanol–water partition coefficient (Wildman–Crippen LogP) is 5.16. The number of thioether (sulfide) groups is 1. The van der Waals surface area contributed by atoms with Crippen LogP contribution in [0.1, 0.15) is 25.0 Å². The summed E-state index contributed by atoms with van der Waals surface area (Å²) in [7, 11) is 0. The van der Waals surface area contributed by atoms with E-state index < -0.39 is 5.97 Å². The van der Waals surface area contributed by atoms with Crippen LogP contribution in [0.15, 0.2) is 64.5 Å². The number of ether oxygens (including phenoxy) is 2. The van der Waals surface area contributed by atoms with E-state index in [1.165, 1.54) is 11.8 Å². The molecule has 8 heteroatoms. The number of fused-ring (bicyclic) bond motifs is 1. The van der Waals surface area contributed by atoms with Crippen molar-refractivity contribution in [2.45, 2.75) is 20.3 Å². The molecule has 0 saturated carbocycles. The maximum Gasteiger partial charge on any atom is 0.307 e. The third-order valence-corrected chi connectivity index (χ3v) is 5.92. The van der Waals surface area contributed by atoms with Gasteiger partial charge < -0.3 is 19.9 Å². The lowest BCUT2D eigenvalue weighted by Crippen LogP contribution is -2.19. The van der Waals surface area contributed by atoms with Crippen molar-refractivity contribution in [3.8, 4) is 11.5 Å². The number of aliphatic imine (C=N–C) groups is 1. The van der Waals surface area contributed by atoms with Crippen LogP contribution in [0.2, 0.25) is 0 Å². The first-order valence-corrected chi connectivity index (χ1v) is 11.7. The van der Waals surface area contributed by atoms with E-state index in [1.807, 2.05) is 44.2 Å². The molecule has 1 aliphatic heterocycles. The van der Waals surface area contributed by atoms with Crippen molar-refractivity contribution >= 4 is 51.3 Å². The van der Waals surface area contributed by atoms with Crippen molar-refractivity contribution in [1.82, 2.24) is 5.32 Å². The minimum atomic E-state index is -0.887. The van der Waals surface area contributed by atoms with Crippen LogP contribution in [0.4, 0.5) is 5.69 Å². The Morgan fingerprint density at radius 3 is 2.50 bits per heavy atom. The highest BCUT2D eigenvalue weighted by Crippen LogP contribution is 2.34. The number of hydrogen-bond acceptors (Lipinski definition) is 6. The van der Waals surface area contributed by atoms with Crippen LogP contribution in [-0.2, 0) is 16.0 Å². The Labute approximate surface area is 201 Å². The van der Waals surface area contributed by atoms with E-state index in [1.54, 1.807) is 30.3 Å². The van der Waals surface area contributed by atoms with Crippen LogP contribution >= 0.6 is 11.8 Å². The van der Waals surface area contributed by atoms with E-state index in [0.29, 0.717) is 40.3 Å². The van der Waals surface area contributed by atoms with E-state index in [4.69, 9.17) is 14.6 Å². The van der Waals surface area contributed by atoms with Crippen molar-refractivity contribution in [3.05, 3.63) is 70.6 Å². The van der Waals surface area contributed by atoms with Crippen molar-refractivity contribution < 1.29 is 24.2 Å². The molecule has 1 fully saturated rings. The Kier molecular flexibility index (Phi) is 7.18. The molecule has 3 aromatic rings. The fourth-order valence-corrected chi connectivity index (χ4v) is 4.36. The summed E-state index contributed by atoms with van der Waals surface area (Å²) in [6.07, 6.45) is 1.76. The number of rotatable bonds is 8. The van der Waals surface area contributed by atoms with Gasteiger partial charge in [-0.2, -0.15) is 0 Å². The molecule has 0 radical (unpaired) electrons. The topological polar surface area (TPSA) is 97.2 Å². The lowest BCUT2D eigenvalue weighted by atomic mass is 10.0. The van der Waals surface area contributed by atoms with Crippen LogP contribution in [-0.4, -0.2) is 35.4 Å². The SMILES string of the molecule is CCOc1ccc2cc(OCC)c(C=C3SC(=Nc4ccc(CC(=O)O)cc4)NC3=O)cc2c1. The smallest absolute Gasteiger partial charge is 0.307 e. The predicted molar refractivity (Wildman–Crippen MR) is 135 cm³/mol. The number of amides is 1. The quantitative estimate of drug-likeness (QED) is 0.436. The number of nitrogens with zero attached hydrogens (tertiary/aromatic N) is 1. The molecule has 1 aliphatic rings. The van der Waals surface area contributed by atoms with Gasteiger partial charge in [0, 0.05) is 5.56 Å². The van der Waals surface area contributed by atoms with Gasteiger partial charge in [0.25, 0.3) is 5.91 Å². The number of carboxylic acids is 1. The molecular formula is C26H24N2O5S. The molecule has 2 N–H and O–H groups in total. The maximum absolute atomic E-state index is 12.6. The molecule has 0 aliphatic carbocycles. The average Bonchev–Trinajstić information content (AvgIpc) is 3.14. The largest absolute Gasteiger partial charge is 0.494 e. The Balaban J connectivity index is 1.62. The molecule has 4 rings (SSSR count). The molecule has 1 heterocycles. The molecule has 0 bridgehead atoms. The number of benzene rings is 3. The van der Waals surface area contributed by atoms with Crippen LogP contribution in [0.3, 0.4) is 0 Å². The second-order valence-electron chi connectivity index (χ2n) is 7.48. The van der Waals surface area contributed by atoms with Gasteiger partial charge in [-0.05, 0) is 84.4 Å². The van der Waals surface area contributed by atoms with E-state index in [0.717, 1.165) is 22.1 Å². The number of carbonyl (C=O) groups is 2. The van der Waals surface area contributed by atoms with Gasteiger partial charge in [0.15, 0.2) is 5.17 Å². The van der Waals surface area contributed by atoms with Crippen LogP contribution in [0.25, 0.3) is 16.8 Å². The minimum absolute atomic E-state index is 0.0464. The monoisotopic (exact) mass is 476 g/mol. The summed E-state index contributed by atoms with van der Waals surface area (Å²) in [5, 5.41) is 14.1. The fraction of sp³-hybridized carbons (Fsp3) is 0.192.